The molecule has 2 aromatic rings. The lowest BCUT2D eigenvalue weighted by Gasteiger charge is -2.28. The van der Waals surface area contributed by atoms with Gasteiger partial charge in [0, 0.05) is 39.4 Å². The third kappa shape index (κ3) is 5.14. The Hall–Kier alpha value is -2.54. The van der Waals surface area contributed by atoms with Gasteiger partial charge >= 0.3 is 6.03 Å². The average molecular weight is 430 g/mol. The molecule has 6 nitrogen and oxygen atoms in total. The summed E-state index contributed by atoms with van der Waals surface area (Å²) >= 11 is 0. The number of urea groups is 1. The van der Waals surface area contributed by atoms with Crippen LogP contribution in [0.3, 0.4) is 0 Å². The summed E-state index contributed by atoms with van der Waals surface area (Å²) in [5, 5.41) is 2.02. The molecule has 0 aliphatic carbocycles. The highest BCUT2D eigenvalue weighted by molar-refractivity contribution is 7.91. The Kier molecular flexibility index (Phi) is 7.02. The number of carbonyl (C=O) groups excluding carboxylic acids is 1. The van der Waals surface area contributed by atoms with Gasteiger partial charge < -0.3 is 15.1 Å². The van der Waals surface area contributed by atoms with E-state index < -0.39 is 15.1 Å². The Labute approximate surface area is 179 Å². The molecule has 0 unspecified atom stereocenters. The Bertz CT molecular complexity index is 948. The lowest BCUT2D eigenvalue weighted by atomic mass is 10.1. The standard InChI is InChI=1S/C23H31N3O3S/c1-18-7-13-21(14-8-18)30(28,29)22(19-9-11-20(12-10-19)25(2)3)17-24-23(27)26-15-5-4-6-16-26/h7-14,22H,4-6,15-17H2,1-3H3,(H,24,27)/t22-/m0/s1. The predicted molar refractivity (Wildman–Crippen MR) is 121 cm³/mol. The molecule has 2 amide bonds. The molecule has 162 valence electrons. The van der Waals surface area contributed by atoms with Crippen molar-refractivity contribution < 1.29 is 13.2 Å². The zero-order valence-corrected chi connectivity index (χ0v) is 18.8. The van der Waals surface area contributed by atoms with Crippen molar-refractivity contribution in [2.24, 2.45) is 0 Å². The first-order valence-electron chi connectivity index (χ1n) is 10.4. The number of hydrogen-bond acceptors (Lipinski definition) is 4. The molecule has 0 bridgehead atoms. The van der Waals surface area contributed by atoms with E-state index in [9.17, 15) is 13.2 Å². The number of anilines is 1. The van der Waals surface area contributed by atoms with Gasteiger partial charge in [0.15, 0.2) is 9.84 Å². The van der Waals surface area contributed by atoms with Gasteiger partial charge in [-0.05, 0) is 56.0 Å². The maximum absolute atomic E-state index is 13.5. The fourth-order valence-electron chi connectivity index (χ4n) is 3.67. The molecule has 1 saturated heterocycles. The largest absolute Gasteiger partial charge is 0.378 e. The molecule has 1 atom stereocenters. The summed E-state index contributed by atoms with van der Waals surface area (Å²) in [6.07, 6.45) is 3.11. The van der Waals surface area contributed by atoms with Gasteiger partial charge in [0.1, 0.15) is 5.25 Å². The van der Waals surface area contributed by atoms with E-state index in [0.717, 1.165) is 43.6 Å². The second-order valence-electron chi connectivity index (χ2n) is 8.07. The SMILES string of the molecule is Cc1ccc(S(=O)(=O)[C@@H](CNC(=O)N2CCCCC2)c2ccc(N(C)C)cc2)cc1. The minimum absolute atomic E-state index is 0.0346. The highest BCUT2D eigenvalue weighted by Gasteiger charge is 2.30. The molecule has 3 rings (SSSR count). The van der Waals surface area contributed by atoms with Gasteiger partial charge in [0.05, 0.1) is 4.90 Å². The predicted octanol–water partition coefficient (Wildman–Crippen LogP) is 3.77. The molecule has 30 heavy (non-hydrogen) atoms. The summed E-state index contributed by atoms with van der Waals surface area (Å²) in [4.78, 5) is 16.6. The summed E-state index contributed by atoms with van der Waals surface area (Å²) in [5.41, 5.74) is 2.65. The number of nitrogens with one attached hydrogen (secondary N) is 1. The Balaban J connectivity index is 1.87. The van der Waals surface area contributed by atoms with Crippen molar-refractivity contribution in [2.45, 2.75) is 36.3 Å². The molecule has 1 aliphatic heterocycles. The number of likely N-dealkylation sites (tertiary alicyclic amines) is 1. The molecule has 1 aliphatic rings. The topological polar surface area (TPSA) is 69.7 Å². The highest BCUT2D eigenvalue weighted by atomic mass is 32.2. The number of benzene rings is 2. The summed E-state index contributed by atoms with van der Waals surface area (Å²) in [6.45, 7) is 3.40. The van der Waals surface area contributed by atoms with Gasteiger partial charge in [0.2, 0.25) is 0 Å². The third-order valence-electron chi connectivity index (χ3n) is 5.59. The first-order valence-corrected chi connectivity index (χ1v) is 11.9. The Morgan fingerprint density at radius 3 is 2.17 bits per heavy atom. The smallest absolute Gasteiger partial charge is 0.317 e. The Morgan fingerprint density at radius 2 is 1.60 bits per heavy atom. The number of hydrogen-bond donors (Lipinski definition) is 1. The zero-order chi connectivity index (χ0) is 21.7. The van der Waals surface area contributed by atoms with E-state index in [4.69, 9.17) is 0 Å². The van der Waals surface area contributed by atoms with Crippen molar-refractivity contribution in [3.05, 3.63) is 59.7 Å². The molecule has 2 aromatic carbocycles. The zero-order valence-electron chi connectivity index (χ0n) is 18.0. The molecule has 1 N–H and O–H groups in total. The summed E-state index contributed by atoms with van der Waals surface area (Å²) in [6, 6.07) is 14.1. The molecule has 7 heteroatoms. The number of piperidine rings is 1. The maximum atomic E-state index is 13.5. The quantitative estimate of drug-likeness (QED) is 0.759. The van der Waals surface area contributed by atoms with Gasteiger partial charge in [-0.3, -0.25) is 0 Å². The second-order valence-corrected chi connectivity index (χ2v) is 10.2. The van der Waals surface area contributed by atoms with Crippen molar-refractivity contribution in [1.29, 1.82) is 0 Å². The highest BCUT2D eigenvalue weighted by Crippen LogP contribution is 2.30. The first-order chi connectivity index (χ1) is 14.3. The number of carbonyl (C=O) groups is 1. The summed E-state index contributed by atoms with van der Waals surface area (Å²) < 4.78 is 27.0. The average Bonchev–Trinajstić information content (AvgIpc) is 2.75. The van der Waals surface area contributed by atoms with Crippen LogP contribution in [0.1, 0.15) is 35.6 Å². The number of aryl methyl sites for hydroxylation is 1. The molecule has 0 spiro atoms. The van der Waals surface area contributed by atoms with E-state index >= 15 is 0 Å². The van der Waals surface area contributed by atoms with Crippen LogP contribution in [0.2, 0.25) is 0 Å². The van der Waals surface area contributed by atoms with Gasteiger partial charge in [-0.25, -0.2) is 13.2 Å². The van der Waals surface area contributed by atoms with Crippen molar-refractivity contribution in [1.82, 2.24) is 10.2 Å². The molecule has 0 saturated carbocycles. The van der Waals surface area contributed by atoms with E-state index in [-0.39, 0.29) is 17.5 Å². The monoisotopic (exact) mass is 429 g/mol. The van der Waals surface area contributed by atoms with Crippen LogP contribution in [0.5, 0.6) is 0 Å². The van der Waals surface area contributed by atoms with Crippen molar-refractivity contribution >= 4 is 21.6 Å². The summed E-state index contributed by atoms with van der Waals surface area (Å²) in [5.74, 6) is 0. The van der Waals surface area contributed by atoms with Crippen LogP contribution in [-0.2, 0) is 9.84 Å². The van der Waals surface area contributed by atoms with E-state index in [1.165, 1.54) is 0 Å². The Morgan fingerprint density at radius 1 is 1.00 bits per heavy atom. The minimum Gasteiger partial charge on any atom is -0.378 e. The molecular formula is C23H31N3O3S. The lowest BCUT2D eigenvalue weighted by Crippen LogP contribution is -2.44. The molecule has 0 aromatic heterocycles. The van der Waals surface area contributed by atoms with Crippen molar-refractivity contribution in [2.75, 3.05) is 38.6 Å². The first kappa shape index (κ1) is 22.2. The number of sulfone groups is 1. The molecule has 1 fully saturated rings. The maximum Gasteiger partial charge on any atom is 0.317 e. The van der Waals surface area contributed by atoms with Crippen LogP contribution >= 0.6 is 0 Å². The fraction of sp³-hybridized carbons (Fsp3) is 0.435. The minimum atomic E-state index is -3.68. The fourth-order valence-corrected chi connectivity index (χ4v) is 5.34. The second kappa shape index (κ2) is 9.51. The number of nitrogens with zero attached hydrogens (tertiary/aromatic N) is 2. The van der Waals surface area contributed by atoms with Crippen molar-refractivity contribution in [3.63, 3.8) is 0 Å². The number of rotatable bonds is 6. The molecule has 1 heterocycles. The van der Waals surface area contributed by atoms with Gasteiger partial charge in [-0.1, -0.05) is 29.8 Å². The third-order valence-corrected chi connectivity index (χ3v) is 7.70. The van der Waals surface area contributed by atoms with E-state index in [1.807, 2.05) is 50.2 Å². The normalized spacial score (nSPS) is 15.5. The van der Waals surface area contributed by atoms with E-state index in [0.29, 0.717) is 5.56 Å². The lowest BCUT2D eigenvalue weighted by molar-refractivity contribution is 0.186. The van der Waals surface area contributed by atoms with Crippen LogP contribution in [0.25, 0.3) is 0 Å². The summed E-state index contributed by atoms with van der Waals surface area (Å²) in [7, 11) is 0.201. The van der Waals surface area contributed by atoms with E-state index in [1.54, 1.807) is 29.2 Å². The van der Waals surface area contributed by atoms with Gasteiger partial charge in [0.25, 0.3) is 0 Å². The van der Waals surface area contributed by atoms with Gasteiger partial charge in [-0.15, -0.1) is 0 Å². The van der Waals surface area contributed by atoms with Crippen LogP contribution in [0, 0.1) is 6.92 Å². The molecular weight excluding hydrogens is 398 g/mol. The van der Waals surface area contributed by atoms with E-state index in [2.05, 4.69) is 5.32 Å². The van der Waals surface area contributed by atoms with Crippen LogP contribution < -0.4 is 10.2 Å². The van der Waals surface area contributed by atoms with Crippen LogP contribution in [0.4, 0.5) is 10.5 Å². The van der Waals surface area contributed by atoms with Gasteiger partial charge in [-0.2, -0.15) is 0 Å². The van der Waals surface area contributed by atoms with Crippen LogP contribution in [-0.4, -0.2) is 53.1 Å². The number of amides is 2. The molecule has 0 radical (unpaired) electrons. The van der Waals surface area contributed by atoms with Crippen LogP contribution in [0.15, 0.2) is 53.4 Å². The van der Waals surface area contributed by atoms with Crippen molar-refractivity contribution in [3.8, 4) is 0 Å².